The van der Waals surface area contributed by atoms with Crippen molar-refractivity contribution < 1.29 is 9.53 Å². The van der Waals surface area contributed by atoms with Gasteiger partial charge in [-0.3, -0.25) is 9.48 Å². The van der Waals surface area contributed by atoms with Gasteiger partial charge in [0, 0.05) is 6.42 Å². The zero-order chi connectivity index (χ0) is 17.4. The summed E-state index contributed by atoms with van der Waals surface area (Å²) in [6.07, 6.45) is 4.49. The third-order valence-corrected chi connectivity index (χ3v) is 3.76. The van der Waals surface area contributed by atoms with Crippen LogP contribution in [0.25, 0.3) is 0 Å². The number of aryl methyl sites for hydroxylation is 1. The first kappa shape index (κ1) is 18.0. The molecule has 0 aliphatic heterocycles. The number of carbonyl (C=O) groups is 1. The molecule has 2 aromatic rings. The number of hydrogen-bond donors (Lipinski definition) is 1. The van der Waals surface area contributed by atoms with Crippen LogP contribution in [0.3, 0.4) is 0 Å². The normalized spacial score (nSPS) is 12.2. The van der Waals surface area contributed by atoms with Crippen LogP contribution in [-0.2, 0) is 11.3 Å². The Morgan fingerprint density at radius 1 is 1.25 bits per heavy atom. The molecule has 6 heteroatoms. The van der Waals surface area contributed by atoms with Crippen LogP contribution >= 0.6 is 0 Å². The predicted octanol–water partition coefficient (Wildman–Crippen LogP) is 2.97. The van der Waals surface area contributed by atoms with E-state index in [4.69, 9.17) is 4.74 Å². The lowest BCUT2D eigenvalue weighted by Crippen LogP contribution is -2.27. The van der Waals surface area contributed by atoms with Gasteiger partial charge in [-0.05, 0) is 37.0 Å². The average molecular weight is 330 g/mol. The molecular formula is C18H26N4O2. The largest absolute Gasteiger partial charge is 0.494 e. The minimum Gasteiger partial charge on any atom is -0.494 e. The molecule has 1 unspecified atom stereocenters. The summed E-state index contributed by atoms with van der Waals surface area (Å²) in [7, 11) is 0. The standard InChI is InChI=1S/C18H26N4O2/c1-14(2)9-11-24-17-6-4-16(5-7-17)15(3)21-18(23)8-10-22-13-19-12-20-22/h4-7,12-15H,8-11H2,1-3H3,(H,21,23). The molecule has 1 heterocycles. The molecule has 0 aliphatic rings. The lowest BCUT2D eigenvalue weighted by molar-refractivity contribution is -0.122. The van der Waals surface area contributed by atoms with Gasteiger partial charge >= 0.3 is 0 Å². The summed E-state index contributed by atoms with van der Waals surface area (Å²) in [5.41, 5.74) is 1.06. The molecule has 0 saturated heterocycles. The van der Waals surface area contributed by atoms with Gasteiger partial charge in [-0.2, -0.15) is 5.10 Å². The van der Waals surface area contributed by atoms with E-state index >= 15 is 0 Å². The van der Waals surface area contributed by atoms with Crippen LogP contribution in [0.4, 0.5) is 0 Å². The topological polar surface area (TPSA) is 69.0 Å². The van der Waals surface area contributed by atoms with E-state index in [1.165, 1.54) is 6.33 Å². The predicted molar refractivity (Wildman–Crippen MR) is 92.6 cm³/mol. The molecule has 0 bridgehead atoms. The Morgan fingerprint density at radius 3 is 2.62 bits per heavy atom. The maximum absolute atomic E-state index is 12.0. The zero-order valence-corrected chi connectivity index (χ0v) is 14.6. The summed E-state index contributed by atoms with van der Waals surface area (Å²) in [6, 6.07) is 7.85. The molecular weight excluding hydrogens is 304 g/mol. The van der Waals surface area contributed by atoms with E-state index in [1.807, 2.05) is 31.2 Å². The van der Waals surface area contributed by atoms with Crippen LogP contribution in [0, 0.1) is 5.92 Å². The van der Waals surface area contributed by atoms with Crippen molar-refractivity contribution >= 4 is 5.91 Å². The molecule has 130 valence electrons. The van der Waals surface area contributed by atoms with E-state index < -0.39 is 0 Å². The van der Waals surface area contributed by atoms with E-state index in [2.05, 4.69) is 29.2 Å². The molecule has 0 aliphatic carbocycles. The Bertz CT molecular complexity index is 608. The highest BCUT2D eigenvalue weighted by atomic mass is 16.5. The number of nitrogens with one attached hydrogen (secondary N) is 1. The number of hydrogen-bond acceptors (Lipinski definition) is 4. The quantitative estimate of drug-likeness (QED) is 0.767. The van der Waals surface area contributed by atoms with Crippen LogP contribution in [0.1, 0.15) is 45.2 Å². The van der Waals surface area contributed by atoms with Gasteiger partial charge in [0.1, 0.15) is 18.4 Å². The van der Waals surface area contributed by atoms with E-state index in [-0.39, 0.29) is 11.9 Å². The number of amides is 1. The molecule has 0 fully saturated rings. The lowest BCUT2D eigenvalue weighted by Gasteiger charge is -2.15. The molecule has 1 aromatic carbocycles. The van der Waals surface area contributed by atoms with Gasteiger partial charge in [0.15, 0.2) is 0 Å². The molecule has 2 rings (SSSR count). The second kappa shape index (κ2) is 9.05. The summed E-state index contributed by atoms with van der Waals surface area (Å²) in [4.78, 5) is 15.9. The van der Waals surface area contributed by atoms with Crippen LogP contribution < -0.4 is 10.1 Å². The molecule has 6 nitrogen and oxygen atoms in total. The Kier molecular flexibility index (Phi) is 6.78. The van der Waals surface area contributed by atoms with Gasteiger partial charge in [0.05, 0.1) is 19.2 Å². The van der Waals surface area contributed by atoms with Crippen molar-refractivity contribution in [2.45, 2.75) is 46.2 Å². The van der Waals surface area contributed by atoms with E-state index in [0.29, 0.717) is 18.9 Å². The van der Waals surface area contributed by atoms with Gasteiger partial charge in [0.25, 0.3) is 0 Å². The first-order valence-electron chi connectivity index (χ1n) is 8.39. The van der Waals surface area contributed by atoms with Gasteiger partial charge in [0.2, 0.25) is 5.91 Å². The zero-order valence-electron chi connectivity index (χ0n) is 14.6. The maximum Gasteiger partial charge on any atom is 0.222 e. The van der Waals surface area contributed by atoms with Gasteiger partial charge in [-0.1, -0.05) is 26.0 Å². The maximum atomic E-state index is 12.0. The molecule has 1 N–H and O–H groups in total. The minimum atomic E-state index is -0.0436. The summed E-state index contributed by atoms with van der Waals surface area (Å²) in [5, 5.41) is 6.98. The number of benzene rings is 1. The molecule has 0 radical (unpaired) electrons. The number of ether oxygens (including phenoxy) is 1. The number of rotatable bonds is 9. The molecule has 0 saturated carbocycles. The highest BCUT2D eigenvalue weighted by molar-refractivity contribution is 5.76. The van der Waals surface area contributed by atoms with Crippen LogP contribution in [0.2, 0.25) is 0 Å². The van der Waals surface area contributed by atoms with E-state index in [9.17, 15) is 4.79 Å². The Morgan fingerprint density at radius 2 is 2.00 bits per heavy atom. The van der Waals surface area contributed by atoms with Crippen molar-refractivity contribution in [2.75, 3.05) is 6.61 Å². The fourth-order valence-corrected chi connectivity index (χ4v) is 2.23. The van der Waals surface area contributed by atoms with Crippen LogP contribution in [-0.4, -0.2) is 27.3 Å². The van der Waals surface area contributed by atoms with Gasteiger partial charge < -0.3 is 10.1 Å². The van der Waals surface area contributed by atoms with Gasteiger partial charge in [-0.25, -0.2) is 4.98 Å². The number of aromatic nitrogens is 3. The fraction of sp³-hybridized carbons (Fsp3) is 0.500. The molecule has 24 heavy (non-hydrogen) atoms. The third kappa shape index (κ3) is 6.02. The van der Waals surface area contributed by atoms with Crippen LogP contribution in [0.5, 0.6) is 5.75 Å². The van der Waals surface area contributed by atoms with Crippen molar-refractivity contribution in [3.8, 4) is 5.75 Å². The van der Waals surface area contributed by atoms with E-state index in [0.717, 1.165) is 24.3 Å². The molecule has 1 aromatic heterocycles. The summed E-state index contributed by atoms with van der Waals surface area (Å²) >= 11 is 0. The highest BCUT2D eigenvalue weighted by Gasteiger charge is 2.10. The van der Waals surface area contributed by atoms with Crippen molar-refractivity contribution in [3.63, 3.8) is 0 Å². The first-order valence-corrected chi connectivity index (χ1v) is 8.39. The average Bonchev–Trinajstić information content (AvgIpc) is 3.06. The minimum absolute atomic E-state index is 0.00439. The Hall–Kier alpha value is -2.37. The first-order chi connectivity index (χ1) is 11.5. The summed E-state index contributed by atoms with van der Waals surface area (Å²) in [5.74, 6) is 1.50. The SMILES string of the molecule is CC(C)CCOc1ccc(C(C)NC(=O)CCn2cncn2)cc1. The van der Waals surface area contributed by atoms with Crippen molar-refractivity contribution in [2.24, 2.45) is 5.92 Å². The number of carbonyl (C=O) groups excluding carboxylic acids is 1. The second-order valence-corrected chi connectivity index (χ2v) is 6.30. The molecule has 1 amide bonds. The Balaban J connectivity index is 1.76. The van der Waals surface area contributed by atoms with E-state index in [1.54, 1.807) is 11.0 Å². The second-order valence-electron chi connectivity index (χ2n) is 6.30. The monoisotopic (exact) mass is 330 g/mol. The van der Waals surface area contributed by atoms with Crippen LogP contribution in [0.15, 0.2) is 36.9 Å². The smallest absolute Gasteiger partial charge is 0.222 e. The summed E-state index contributed by atoms with van der Waals surface area (Å²) in [6.45, 7) is 7.59. The van der Waals surface area contributed by atoms with Gasteiger partial charge in [-0.15, -0.1) is 0 Å². The highest BCUT2D eigenvalue weighted by Crippen LogP contribution is 2.18. The van der Waals surface area contributed by atoms with Crippen molar-refractivity contribution in [1.82, 2.24) is 20.1 Å². The fourth-order valence-electron chi connectivity index (χ4n) is 2.23. The third-order valence-electron chi connectivity index (χ3n) is 3.76. The molecule has 0 spiro atoms. The Labute approximate surface area is 143 Å². The van der Waals surface area contributed by atoms with Crippen molar-refractivity contribution in [1.29, 1.82) is 0 Å². The number of nitrogens with zero attached hydrogens (tertiary/aromatic N) is 3. The summed E-state index contributed by atoms with van der Waals surface area (Å²) < 4.78 is 7.36. The van der Waals surface area contributed by atoms with Crippen molar-refractivity contribution in [3.05, 3.63) is 42.5 Å². The lowest BCUT2D eigenvalue weighted by atomic mass is 10.1. The molecule has 1 atom stereocenters.